The minimum Gasteiger partial charge on any atom is -0.490 e. The van der Waals surface area contributed by atoms with Gasteiger partial charge < -0.3 is 9.47 Å². The Hall–Kier alpha value is -1.91. The molecule has 0 aliphatic heterocycles. The van der Waals surface area contributed by atoms with Crippen molar-refractivity contribution >= 4 is 31.9 Å². The van der Waals surface area contributed by atoms with E-state index in [1.54, 1.807) is 19.2 Å². The maximum atomic E-state index is 11.9. The third kappa shape index (κ3) is 5.62. The normalized spacial score (nSPS) is 11.2. The lowest BCUT2D eigenvalue weighted by Crippen LogP contribution is -2.31. The smallest absolute Gasteiger partial charge is 0.321 e. The molecule has 8 nitrogen and oxygen atoms in total. The van der Waals surface area contributed by atoms with Crippen LogP contribution in [0.4, 0.5) is 0 Å². The topological polar surface area (TPSA) is 99.5 Å². The predicted octanol–water partition coefficient (Wildman–Crippen LogP) is 1.08. The summed E-state index contributed by atoms with van der Waals surface area (Å²) in [6.07, 6.45) is 2.53. The predicted molar refractivity (Wildman–Crippen MR) is 89.0 cm³/mol. The summed E-state index contributed by atoms with van der Waals surface area (Å²) in [5.74, 6) is -0.0574. The highest BCUT2D eigenvalue weighted by atomic mass is 79.9. The highest BCUT2D eigenvalue weighted by Crippen LogP contribution is 2.17. The summed E-state index contributed by atoms with van der Waals surface area (Å²) in [5, 5.41) is 3.77. The van der Waals surface area contributed by atoms with Crippen LogP contribution in [0.2, 0.25) is 0 Å². The molecule has 1 N–H and O–H groups in total. The maximum Gasteiger partial charge on any atom is 0.321 e. The van der Waals surface area contributed by atoms with Crippen LogP contribution in [0.3, 0.4) is 0 Å². The summed E-state index contributed by atoms with van der Waals surface area (Å²) >= 11 is 3.32. The van der Waals surface area contributed by atoms with Crippen molar-refractivity contribution in [1.82, 2.24) is 14.5 Å². The van der Waals surface area contributed by atoms with Crippen molar-refractivity contribution in [2.45, 2.75) is 4.90 Å². The van der Waals surface area contributed by atoms with Gasteiger partial charge >= 0.3 is 5.97 Å². The van der Waals surface area contributed by atoms with Crippen molar-refractivity contribution in [1.29, 1.82) is 0 Å². The van der Waals surface area contributed by atoms with Crippen LogP contribution in [-0.2, 0) is 26.6 Å². The van der Waals surface area contributed by atoms with Gasteiger partial charge in [0.1, 0.15) is 30.4 Å². The molecule has 0 bridgehead atoms. The molecule has 0 saturated carbocycles. The molecule has 0 unspecified atom stereocenters. The fourth-order valence-electron chi connectivity index (χ4n) is 1.70. The average molecular weight is 418 g/mol. The first-order valence-corrected chi connectivity index (χ1v) is 9.17. The number of carbonyl (C=O) groups is 1. The van der Waals surface area contributed by atoms with Gasteiger partial charge in [0.05, 0.1) is 6.20 Å². The highest BCUT2D eigenvalue weighted by molar-refractivity contribution is 9.10. The van der Waals surface area contributed by atoms with E-state index in [-0.39, 0.29) is 18.1 Å². The molecular formula is C14H16BrN3O5S. The number of esters is 1. The lowest BCUT2D eigenvalue weighted by Gasteiger charge is -2.08. The van der Waals surface area contributed by atoms with Gasteiger partial charge in [-0.25, -0.2) is 8.42 Å². The van der Waals surface area contributed by atoms with E-state index >= 15 is 0 Å². The van der Waals surface area contributed by atoms with Crippen molar-refractivity contribution in [2.24, 2.45) is 7.05 Å². The molecule has 1 heterocycles. The van der Waals surface area contributed by atoms with Crippen molar-refractivity contribution in [3.05, 3.63) is 41.1 Å². The SMILES string of the molecule is Cn1cc(S(=O)(=O)NCC(=O)OCCOc2cccc(Br)c2)cn1. The number of benzene rings is 1. The molecule has 1 aromatic heterocycles. The van der Waals surface area contributed by atoms with Crippen LogP contribution in [0, 0.1) is 0 Å². The van der Waals surface area contributed by atoms with Gasteiger partial charge in [-0.1, -0.05) is 22.0 Å². The van der Waals surface area contributed by atoms with Gasteiger partial charge in [0, 0.05) is 17.7 Å². The Morgan fingerprint density at radius 1 is 1.38 bits per heavy atom. The molecule has 0 amide bonds. The molecule has 0 atom stereocenters. The molecule has 0 saturated heterocycles. The first-order chi connectivity index (χ1) is 11.4. The Bertz CT molecular complexity index is 806. The van der Waals surface area contributed by atoms with E-state index in [9.17, 15) is 13.2 Å². The van der Waals surface area contributed by atoms with Gasteiger partial charge in [-0.2, -0.15) is 9.82 Å². The summed E-state index contributed by atoms with van der Waals surface area (Å²) in [5.41, 5.74) is 0. The molecule has 24 heavy (non-hydrogen) atoms. The molecule has 0 aliphatic rings. The Labute approximate surface area is 147 Å². The van der Waals surface area contributed by atoms with Crippen molar-refractivity contribution < 1.29 is 22.7 Å². The zero-order chi connectivity index (χ0) is 17.6. The lowest BCUT2D eigenvalue weighted by molar-refractivity contribution is -0.142. The largest absolute Gasteiger partial charge is 0.490 e. The van der Waals surface area contributed by atoms with Crippen LogP contribution in [0.5, 0.6) is 5.75 Å². The maximum absolute atomic E-state index is 11.9. The summed E-state index contributed by atoms with van der Waals surface area (Å²) in [6.45, 7) is -0.286. The highest BCUT2D eigenvalue weighted by Gasteiger charge is 2.17. The third-order valence-corrected chi connectivity index (χ3v) is 4.66. The average Bonchev–Trinajstić information content (AvgIpc) is 2.97. The Morgan fingerprint density at radius 3 is 2.83 bits per heavy atom. The minimum absolute atomic E-state index is 0.0139. The number of rotatable bonds is 8. The Morgan fingerprint density at radius 2 is 2.17 bits per heavy atom. The Kier molecular flexibility index (Phi) is 6.35. The number of aromatic nitrogens is 2. The van der Waals surface area contributed by atoms with Crippen LogP contribution in [-0.4, -0.2) is 43.9 Å². The van der Waals surface area contributed by atoms with Crippen molar-refractivity contribution in [2.75, 3.05) is 19.8 Å². The minimum atomic E-state index is -3.78. The second kappa shape index (κ2) is 8.27. The van der Waals surface area contributed by atoms with Gasteiger partial charge in [0.25, 0.3) is 0 Å². The summed E-state index contributed by atoms with van der Waals surface area (Å²) in [7, 11) is -2.19. The van der Waals surface area contributed by atoms with Crippen LogP contribution in [0.15, 0.2) is 46.0 Å². The van der Waals surface area contributed by atoms with Gasteiger partial charge in [-0.15, -0.1) is 0 Å². The molecule has 2 rings (SSSR count). The number of ether oxygens (including phenoxy) is 2. The molecule has 0 fully saturated rings. The zero-order valence-corrected chi connectivity index (χ0v) is 15.2. The molecule has 0 radical (unpaired) electrons. The van der Waals surface area contributed by atoms with Crippen LogP contribution >= 0.6 is 15.9 Å². The lowest BCUT2D eigenvalue weighted by atomic mass is 10.3. The molecule has 0 spiro atoms. The van der Waals surface area contributed by atoms with E-state index < -0.39 is 22.5 Å². The number of hydrogen-bond acceptors (Lipinski definition) is 6. The molecule has 10 heteroatoms. The molecule has 0 aliphatic carbocycles. The number of nitrogens with one attached hydrogen (secondary N) is 1. The van der Waals surface area contributed by atoms with Crippen LogP contribution < -0.4 is 9.46 Å². The van der Waals surface area contributed by atoms with E-state index in [0.717, 1.165) is 4.47 Å². The van der Waals surface area contributed by atoms with Crippen LogP contribution in [0.1, 0.15) is 0 Å². The third-order valence-electron chi connectivity index (χ3n) is 2.81. The summed E-state index contributed by atoms with van der Waals surface area (Å²) < 4.78 is 38.5. The summed E-state index contributed by atoms with van der Waals surface area (Å²) in [6, 6.07) is 7.23. The first-order valence-electron chi connectivity index (χ1n) is 6.89. The fourth-order valence-corrected chi connectivity index (χ4v) is 3.03. The second-order valence-corrected chi connectivity index (χ2v) is 7.38. The fraction of sp³-hybridized carbons (Fsp3) is 0.286. The van der Waals surface area contributed by atoms with Gasteiger partial charge in [0.15, 0.2) is 0 Å². The zero-order valence-electron chi connectivity index (χ0n) is 12.8. The molecule has 130 valence electrons. The van der Waals surface area contributed by atoms with Gasteiger partial charge in [-0.05, 0) is 18.2 Å². The van der Waals surface area contributed by atoms with E-state index in [1.807, 2.05) is 12.1 Å². The van der Waals surface area contributed by atoms with Gasteiger partial charge in [0.2, 0.25) is 10.0 Å². The number of hydrogen-bond donors (Lipinski definition) is 1. The first kappa shape index (κ1) is 18.4. The van der Waals surface area contributed by atoms with Crippen molar-refractivity contribution in [3.63, 3.8) is 0 Å². The Balaban J connectivity index is 1.70. The second-order valence-electron chi connectivity index (χ2n) is 4.70. The van der Waals surface area contributed by atoms with E-state index in [1.165, 1.54) is 17.1 Å². The van der Waals surface area contributed by atoms with Crippen LogP contribution in [0.25, 0.3) is 0 Å². The molecular weight excluding hydrogens is 402 g/mol. The molecule has 2 aromatic rings. The van der Waals surface area contributed by atoms with Gasteiger partial charge in [-0.3, -0.25) is 9.48 Å². The number of halogens is 1. The van der Waals surface area contributed by atoms with Crippen molar-refractivity contribution in [3.8, 4) is 5.75 Å². The number of nitrogens with zero attached hydrogens (tertiary/aromatic N) is 2. The number of sulfonamides is 1. The van der Waals surface area contributed by atoms with E-state index in [2.05, 4.69) is 25.8 Å². The van der Waals surface area contributed by atoms with E-state index in [4.69, 9.17) is 9.47 Å². The number of carbonyl (C=O) groups excluding carboxylic acids is 1. The number of aryl methyl sites for hydroxylation is 1. The quantitative estimate of drug-likeness (QED) is 0.509. The molecule has 1 aromatic carbocycles. The standard InChI is InChI=1S/C14H16BrN3O5S/c1-18-10-13(8-16-18)24(20,21)17-9-14(19)23-6-5-22-12-4-2-3-11(15)7-12/h2-4,7-8,10,17H,5-6,9H2,1H3. The summed E-state index contributed by atoms with van der Waals surface area (Å²) in [4.78, 5) is 11.5. The van der Waals surface area contributed by atoms with E-state index in [0.29, 0.717) is 5.75 Å². The monoisotopic (exact) mass is 417 g/mol.